The van der Waals surface area contributed by atoms with Gasteiger partial charge in [-0.05, 0) is 36.8 Å². The van der Waals surface area contributed by atoms with E-state index in [4.69, 9.17) is 9.47 Å². The number of nitrogens with zero attached hydrogens (tertiary/aromatic N) is 2. The van der Waals surface area contributed by atoms with Crippen molar-refractivity contribution in [3.05, 3.63) is 59.5 Å². The molecule has 0 unspecified atom stereocenters. The number of benzene rings is 1. The molecule has 0 aliphatic carbocycles. The van der Waals surface area contributed by atoms with Crippen LogP contribution in [0.2, 0.25) is 0 Å². The predicted octanol–water partition coefficient (Wildman–Crippen LogP) is 3.91. The van der Waals surface area contributed by atoms with Crippen LogP contribution in [0.1, 0.15) is 46.5 Å². The van der Waals surface area contributed by atoms with Crippen LogP contribution in [0.3, 0.4) is 0 Å². The lowest BCUT2D eigenvalue weighted by molar-refractivity contribution is 0.0597. The van der Waals surface area contributed by atoms with E-state index in [1.807, 2.05) is 12.1 Å². The molecule has 0 saturated carbocycles. The van der Waals surface area contributed by atoms with Gasteiger partial charge >= 0.3 is 11.9 Å². The van der Waals surface area contributed by atoms with Gasteiger partial charge in [0.05, 0.1) is 31.2 Å². The van der Waals surface area contributed by atoms with Gasteiger partial charge in [-0.1, -0.05) is 25.6 Å². The molecule has 0 N–H and O–H groups in total. The summed E-state index contributed by atoms with van der Waals surface area (Å²) in [5.41, 5.74) is 1.87. The minimum Gasteiger partial charge on any atom is -0.465 e. The molecule has 7 heteroatoms. The van der Waals surface area contributed by atoms with Crippen molar-refractivity contribution in [1.29, 1.82) is 0 Å². The number of hydrogen-bond donors (Lipinski definition) is 0. The maximum absolute atomic E-state index is 12.3. The van der Waals surface area contributed by atoms with E-state index in [0.29, 0.717) is 23.4 Å². The molecule has 6 nitrogen and oxygen atoms in total. The Morgan fingerprint density at radius 3 is 2.50 bits per heavy atom. The average Bonchev–Trinajstić information content (AvgIpc) is 3.02. The van der Waals surface area contributed by atoms with Crippen molar-refractivity contribution in [1.82, 2.24) is 9.78 Å². The molecule has 0 aliphatic rings. The van der Waals surface area contributed by atoms with Crippen molar-refractivity contribution in [2.24, 2.45) is 0 Å². The molecule has 138 valence electrons. The average molecular weight is 374 g/mol. The predicted molar refractivity (Wildman–Crippen MR) is 100 cm³/mol. The SMILES string of the molecule is C=C(C)OC(=O)c1cnn(Cc2ccc(C(=O)OC)cc2)c1SCCC. The molecule has 1 aromatic heterocycles. The van der Waals surface area contributed by atoms with Crippen LogP contribution in [0.15, 0.2) is 47.8 Å². The van der Waals surface area contributed by atoms with Gasteiger partial charge in [-0.3, -0.25) is 4.68 Å². The topological polar surface area (TPSA) is 70.4 Å². The van der Waals surface area contributed by atoms with E-state index in [1.54, 1.807) is 35.5 Å². The number of carbonyl (C=O) groups is 2. The van der Waals surface area contributed by atoms with Gasteiger partial charge in [-0.15, -0.1) is 11.8 Å². The summed E-state index contributed by atoms with van der Waals surface area (Å²) in [6, 6.07) is 7.10. The molecular weight excluding hydrogens is 352 g/mol. The smallest absolute Gasteiger partial charge is 0.347 e. The Labute approximate surface area is 157 Å². The lowest BCUT2D eigenvalue weighted by Crippen LogP contribution is -2.08. The second kappa shape index (κ2) is 9.24. The number of allylic oxidation sites excluding steroid dienone is 1. The van der Waals surface area contributed by atoms with Crippen LogP contribution in [0, 0.1) is 0 Å². The molecule has 0 amide bonds. The molecular formula is C19H22N2O4S. The second-order valence-corrected chi connectivity index (χ2v) is 6.73. The Morgan fingerprint density at radius 1 is 1.23 bits per heavy atom. The van der Waals surface area contributed by atoms with Crippen LogP contribution in [-0.4, -0.2) is 34.6 Å². The highest BCUT2D eigenvalue weighted by molar-refractivity contribution is 7.99. The molecule has 0 bridgehead atoms. The fourth-order valence-corrected chi connectivity index (χ4v) is 3.18. The van der Waals surface area contributed by atoms with E-state index in [-0.39, 0.29) is 5.97 Å². The molecule has 1 aromatic carbocycles. The molecule has 0 saturated heterocycles. The summed E-state index contributed by atoms with van der Waals surface area (Å²) in [6.07, 6.45) is 2.49. The molecule has 26 heavy (non-hydrogen) atoms. The molecule has 1 heterocycles. The summed E-state index contributed by atoms with van der Waals surface area (Å²) >= 11 is 1.56. The van der Waals surface area contributed by atoms with Gasteiger partial charge in [-0.25, -0.2) is 9.59 Å². The summed E-state index contributed by atoms with van der Waals surface area (Å²) in [5, 5.41) is 5.10. The number of methoxy groups -OCH3 is 1. The van der Waals surface area contributed by atoms with Crippen molar-refractivity contribution in [3.63, 3.8) is 0 Å². The molecule has 0 fully saturated rings. The van der Waals surface area contributed by atoms with Crippen LogP contribution in [-0.2, 0) is 16.0 Å². The van der Waals surface area contributed by atoms with E-state index < -0.39 is 5.97 Å². The fraction of sp³-hybridized carbons (Fsp3) is 0.316. The number of hydrogen-bond acceptors (Lipinski definition) is 6. The van der Waals surface area contributed by atoms with E-state index in [9.17, 15) is 9.59 Å². The monoisotopic (exact) mass is 374 g/mol. The van der Waals surface area contributed by atoms with Crippen LogP contribution in [0.4, 0.5) is 0 Å². The summed E-state index contributed by atoms with van der Waals surface area (Å²) < 4.78 is 11.6. The van der Waals surface area contributed by atoms with Crippen LogP contribution in [0.5, 0.6) is 0 Å². The van der Waals surface area contributed by atoms with E-state index in [0.717, 1.165) is 22.8 Å². The van der Waals surface area contributed by atoms with E-state index >= 15 is 0 Å². The quantitative estimate of drug-likeness (QED) is 0.396. The first-order chi connectivity index (χ1) is 12.5. The minimum atomic E-state index is -0.455. The Hall–Kier alpha value is -2.54. The molecule has 0 radical (unpaired) electrons. The summed E-state index contributed by atoms with van der Waals surface area (Å²) in [5.74, 6) is 0.371. The van der Waals surface area contributed by atoms with Crippen molar-refractivity contribution in [2.45, 2.75) is 31.8 Å². The van der Waals surface area contributed by atoms with Crippen molar-refractivity contribution >= 4 is 23.7 Å². The third-order valence-corrected chi connectivity index (χ3v) is 4.74. The number of ether oxygens (including phenoxy) is 2. The Kier molecular flexibility index (Phi) is 7.03. The van der Waals surface area contributed by atoms with Crippen molar-refractivity contribution < 1.29 is 19.1 Å². The highest BCUT2D eigenvalue weighted by Crippen LogP contribution is 2.25. The van der Waals surface area contributed by atoms with Crippen LogP contribution in [0.25, 0.3) is 0 Å². The molecule has 2 aromatic rings. The summed E-state index contributed by atoms with van der Waals surface area (Å²) in [6.45, 7) is 7.79. The standard InChI is InChI=1S/C19H22N2O4S/c1-5-10-26-17-16(19(23)25-13(2)3)11-20-21(17)12-14-6-8-15(9-7-14)18(22)24-4/h6-9,11H,2,5,10,12H2,1,3-4H3. The highest BCUT2D eigenvalue weighted by Gasteiger charge is 2.20. The van der Waals surface area contributed by atoms with Gasteiger partial charge in [0.15, 0.2) is 0 Å². The third-order valence-electron chi connectivity index (χ3n) is 3.43. The van der Waals surface area contributed by atoms with E-state index in [2.05, 4.69) is 18.6 Å². The zero-order valence-corrected chi connectivity index (χ0v) is 16.0. The first-order valence-corrected chi connectivity index (χ1v) is 9.18. The maximum atomic E-state index is 12.3. The van der Waals surface area contributed by atoms with E-state index in [1.165, 1.54) is 13.3 Å². The lowest BCUT2D eigenvalue weighted by Gasteiger charge is -2.09. The molecule has 0 aliphatic heterocycles. The zero-order valence-electron chi connectivity index (χ0n) is 15.2. The van der Waals surface area contributed by atoms with Crippen LogP contribution >= 0.6 is 11.8 Å². The van der Waals surface area contributed by atoms with Gasteiger partial charge in [0.25, 0.3) is 0 Å². The number of rotatable bonds is 8. The first kappa shape index (κ1) is 19.8. The van der Waals surface area contributed by atoms with Gasteiger partial charge in [0, 0.05) is 0 Å². The van der Waals surface area contributed by atoms with Crippen molar-refractivity contribution in [3.8, 4) is 0 Å². The summed E-state index contributed by atoms with van der Waals surface area (Å²) in [7, 11) is 1.35. The normalized spacial score (nSPS) is 10.4. The van der Waals surface area contributed by atoms with Crippen LogP contribution < -0.4 is 0 Å². The van der Waals surface area contributed by atoms with Gasteiger partial charge < -0.3 is 9.47 Å². The Morgan fingerprint density at radius 2 is 1.92 bits per heavy atom. The molecule has 0 spiro atoms. The zero-order chi connectivity index (χ0) is 19.1. The highest BCUT2D eigenvalue weighted by atomic mass is 32.2. The number of carbonyl (C=O) groups excluding carboxylic acids is 2. The Bertz CT molecular complexity index is 796. The number of esters is 2. The number of aromatic nitrogens is 2. The number of thioether (sulfide) groups is 1. The third kappa shape index (κ3) is 4.98. The van der Waals surface area contributed by atoms with Gasteiger partial charge in [0.1, 0.15) is 10.6 Å². The lowest BCUT2D eigenvalue weighted by atomic mass is 10.1. The van der Waals surface area contributed by atoms with Gasteiger partial charge in [0.2, 0.25) is 0 Å². The first-order valence-electron chi connectivity index (χ1n) is 8.19. The Balaban J connectivity index is 2.25. The largest absolute Gasteiger partial charge is 0.465 e. The summed E-state index contributed by atoms with van der Waals surface area (Å²) in [4.78, 5) is 23.8. The van der Waals surface area contributed by atoms with Gasteiger partial charge in [-0.2, -0.15) is 5.10 Å². The maximum Gasteiger partial charge on any atom is 0.347 e. The van der Waals surface area contributed by atoms with Crippen molar-refractivity contribution in [2.75, 3.05) is 12.9 Å². The second-order valence-electron chi connectivity index (χ2n) is 5.65. The fourth-order valence-electron chi connectivity index (χ4n) is 2.23. The minimum absolute atomic E-state index is 0.340. The molecule has 0 atom stereocenters. The molecule has 2 rings (SSSR count).